The van der Waals surface area contributed by atoms with Gasteiger partial charge in [0.15, 0.2) is 0 Å². The number of hydrogen-bond donors (Lipinski definition) is 1. The highest BCUT2D eigenvalue weighted by Crippen LogP contribution is 2.08. The molecule has 2 heteroatoms. The van der Waals surface area contributed by atoms with Gasteiger partial charge in [-0.1, -0.05) is 47.0 Å². The van der Waals surface area contributed by atoms with Gasteiger partial charge in [0.05, 0.1) is 0 Å². The standard InChI is InChI=1S/C14H32N2/c1-5-8-10-16(11-9-6-2)12-14(15)13(4)7-3/h13-14H,5-12,15H2,1-4H3/t13-,14-/m1/s1. The van der Waals surface area contributed by atoms with Crippen molar-refractivity contribution in [3.8, 4) is 0 Å². The van der Waals surface area contributed by atoms with Gasteiger partial charge in [-0.15, -0.1) is 0 Å². The van der Waals surface area contributed by atoms with E-state index in [0.717, 1.165) is 6.54 Å². The summed E-state index contributed by atoms with van der Waals surface area (Å²) in [5.41, 5.74) is 6.23. The van der Waals surface area contributed by atoms with Crippen LogP contribution in [0.3, 0.4) is 0 Å². The van der Waals surface area contributed by atoms with Gasteiger partial charge >= 0.3 is 0 Å². The van der Waals surface area contributed by atoms with E-state index in [1.165, 1.54) is 45.2 Å². The van der Waals surface area contributed by atoms with E-state index in [1.54, 1.807) is 0 Å². The molecule has 0 aromatic carbocycles. The van der Waals surface area contributed by atoms with Crippen LogP contribution in [-0.4, -0.2) is 30.6 Å². The Balaban J connectivity index is 3.96. The summed E-state index contributed by atoms with van der Waals surface area (Å²) >= 11 is 0. The first-order chi connectivity index (χ1) is 7.65. The molecule has 0 aliphatic heterocycles. The van der Waals surface area contributed by atoms with Gasteiger partial charge in [-0.3, -0.25) is 0 Å². The molecule has 0 aliphatic carbocycles. The maximum Gasteiger partial charge on any atom is 0.0193 e. The first kappa shape index (κ1) is 15.9. The minimum absolute atomic E-state index is 0.346. The smallest absolute Gasteiger partial charge is 0.0193 e. The molecule has 0 heterocycles. The fourth-order valence-corrected chi connectivity index (χ4v) is 1.84. The Morgan fingerprint density at radius 3 is 1.88 bits per heavy atom. The van der Waals surface area contributed by atoms with Crippen LogP contribution in [0.2, 0.25) is 0 Å². The molecule has 0 saturated carbocycles. The van der Waals surface area contributed by atoms with Crippen molar-refractivity contribution in [2.24, 2.45) is 11.7 Å². The molecule has 98 valence electrons. The molecule has 0 amide bonds. The van der Waals surface area contributed by atoms with Crippen molar-refractivity contribution in [1.82, 2.24) is 4.90 Å². The number of nitrogens with zero attached hydrogens (tertiary/aromatic N) is 1. The average molecular weight is 228 g/mol. The Kier molecular flexibility index (Phi) is 10.0. The molecule has 16 heavy (non-hydrogen) atoms. The molecule has 0 aliphatic rings. The van der Waals surface area contributed by atoms with Crippen LogP contribution in [0.25, 0.3) is 0 Å². The van der Waals surface area contributed by atoms with Gasteiger partial charge in [-0.25, -0.2) is 0 Å². The fraction of sp³-hybridized carbons (Fsp3) is 1.00. The number of nitrogens with two attached hydrogens (primary N) is 1. The highest BCUT2D eigenvalue weighted by molar-refractivity contribution is 4.73. The van der Waals surface area contributed by atoms with Crippen LogP contribution in [0.15, 0.2) is 0 Å². The molecule has 0 saturated heterocycles. The third kappa shape index (κ3) is 7.24. The molecule has 2 nitrogen and oxygen atoms in total. The van der Waals surface area contributed by atoms with Crippen LogP contribution in [0.4, 0.5) is 0 Å². The summed E-state index contributed by atoms with van der Waals surface area (Å²) < 4.78 is 0. The van der Waals surface area contributed by atoms with Gasteiger partial charge in [0.25, 0.3) is 0 Å². The molecule has 2 atom stereocenters. The predicted molar refractivity (Wildman–Crippen MR) is 73.7 cm³/mol. The van der Waals surface area contributed by atoms with Crippen molar-refractivity contribution in [3.05, 3.63) is 0 Å². The summed E-state index contributed by atoms with van der Waals surface area (Å²) in [5, 5.41) is 0. The zero-order chi connectivity index (χ0) is 12.4. The van der Waals surface area contributed by atoms with Gasteiger partial charge in [-0.2, -0.15) is 0 Å². The Morgan fingerprint density at radius 2 is 1.50 bits per heavy atom. The van der Waals surface area contributed by atoms with E-state index in [9.17, 15) is 0 Å². The van der Waals surface area contributed by atoms with Crippen molar-refractivity contribution in [3.63, 3.8) is 0 Å². The minimum Gasteiger partial charge on any atom is -0.326 e. The molecule has 0 aromatic rings. The second-order valence-electron chi connectivity index (χ2n) is 5.06. The molecular formula is C14H32N2. The molecule has 0 aromatic heterocycles. The highest BCUT2D eigenvalue weighted by Gasteiger charge is 2.14. The highest BCUT2D eigenvalue weighted by atomic mass is 15.1. The summed E-state index contributed by atoms with van der Waals surface area (Å²) in [5.74, 6) is 0.644. The fourth-order valence-electron chi connectivity index (χ4n) is 1.84. The molecule has 0 rings (SSSR count). The second kappa shape index (κ2) is 10.1. The largest absolute Gasteiger partial charge is 0.326 e. The van der Waals surface area contributed by atoms with Crippen LogP contribution >= 0.6 is 0 Å². The van der Waals surface area contributed by atoms with E-state index < -0.39 is 0 Å². The maximum absolute atomic E-state index is 6.23. The number of unbranched alkanes of at least 4 members (excludes halogenated alkanes) is 2. The van der Waals surface area contributed by atoms with E-state index in [2.05, 4.69) is 32.6 Å². The third-order valence-corrected chi connectivity index (χ3v) is 3.50. The Bertz CT molecular complexity index is 140. The lowest BCUT2D eigenvalue weighted by Crippen LogP contribution is -2.42. The molecule has 0 bridgehead atoms. The van der Waals surface area contributed by atoms with Gasteiger partial charge in [0.2, 0.25) is 0 Å². The molecule has 2 N–H and O–H groups in total. The first-order valence-corrected chi connectivity index (χ1v) is 7.13. The summed E-state index contributed by atoms with van der Waals surface area (Å²) in [6.07, 6.45) is 6.35. The third-order valence-electron chi connectivity index (χ3n) is 3.50. The topological polar surface area (TPSA) is 29.3 Å². The monoisotopic (exact) mass is 228 g/mol. The maximum atomic E-state index is 6.23. The lowest BCUT2D eigenvalue weighted by molar-refractivity contribution is 0.226. The minimum atomic E-state index is 0.346. The van der Waals surface area contributed by atoms with Crippen LogP contribution in [0.1, 0.15) is 59.8 Å². The lowest BCUT2D eigenvalue weighted by atomic mass is 9.99. The van der Waals surface area contributed by atoms with Crippen molar-refractivity contribution < 1.29 is 0 Å². The Labute approximate surface area is 103 Å². The van der Waals surface area contributed by atoms with Gasteiger partial charge in [0.1, 0.15) is 0 Å². The number of rotatable bonds is 10. The lowest BCUT2D eigenvalue weighted by Gasteiger charge is -2.28. The van der Waals surface area contributed by atoms with Crippen LogP contribution < -0.4 is 5.73 Å². The van der Waals surface area contributed by atoms with Crippen molar-refractivity contribution in [2.75, 3.05) is 19.6 Å². The van der Waals surface area contributed by atoms with Gasteiger partial charge in [-0.05, 0) is 31.8 Å². The van der Waals surface area contributed by atoms with Crippen LogP contribution in [0, 0.1) is 5.92 Å². The Morgan fingerprint density at radius 1 is 1.00 bits per heavy atom. The molecule has 0 radical (unpaired) electrons. The van der Waals surface area contributed by atoms with Crippen LogP contribution in [-0.2, 0) is 0 Å². The average Bonchev–Trinajstić information content (AvgIpc) is 2.31. The number of hydrogen-bond acceptors (Lipinski definition) is 2. The van der Waals surface area contributed by atoms with Crippen LogP contribution in [0.5, 0.6) is 0 Å². The summed E-state index contributed by atoms with van der Waals surface area (Å²) in [7, 11) is 0. The van der Waals surface area contributed by atoms with E-state index in [-0.39, 0.29) is 0 Å². The summed E-state index contributed by atoms with van der Waals surface area (Å²) in [6, 6.07) is 0.346. The summed E-state index contributed by atoms with van der Waals surface area (Å²) in [4.78, 5) is 2.56. The van der Waals surface area contributed by atoms with Crippen molar-refractivity contribution in [1.29, 1.82) is 0 Å². The van der Waals surface area contributed by atoms with E-state index in [1.807, 2.05) is 0 Å². The van der Waals surface area contributed by atoms with E-state index in [4.69, 9.17) is 5.73 Å². The SMILES string of the molecule is CCCCN(CCCC)C[C@@H](N)[C@H](C)CC. The molecular weight excluding hydrogens is 196 g/mol. The van der Waals surface area contributed by atoms with Gasteiger partial charge < -0.3 is 10.6 Å². The first-order valence-electron chi connectivity index (χ1n) is 7.13. The Hall–Kier alpha value is -0.0800. The quantitative estimate of drug-likeness (QED) is 0.622. The molecule has 0 fully saturated rings. The van der Waals surface area contributed by atoms with Gasteiger partial charge in [0, 0.05) is 12.6 Å². The van der Waals surface area contributed by atoms with E-state index in [0.29, 0.717) is 12.0 Å². The van der Waals surface area contributed by atoms with Crippen molar-refractivity contribution >= 4 is 0 Å². The normalized spacial score (nSPS) is 15.4. The zero-order valence-corrected chi connectivity index (χ0v) is 11.8. The second-order valence-corrected chi connectivity index (χ2v) is 5.06. The zero-order valence-electron chi connectivity index (χ0n) is 11.8. The molecule has 0 unspecified atom stereocenters. The predicted octanol–water partition coefficient (Wildman–Crippen LogP) is 3.26. The molecule has 0 spiro atoms. The van der Waals surface area contributed by atoms with Crippen molar-refractivity contribution in [2.45, 2.75) is 65.8 Å². The summed E-state index contributed by atoms with van der Waals surface area (Å²) in [6.45, 7) is 12.5. The van der Waals surface area contributed by atoms with E-state index >= 15 is 0 Å².